The van der Waals surface area contributed by atoms with Gasteiger partial charge in [-0.05, 0) is 51.0 Å². The fourth-order valence-electron chi connectivity index (χ4n) is 2.76. The van der Waals surface area contributed by atoms with Crippen LogP contribution in [0.15, 0.2) is 0 Å². The highest BCUT2D eigenvalue weighted by Gasteiger charge is 2.38. The lowest BCUT2D eigenvalue weighted by Crippen LogP contribution is -2.51. The summed E-state index contributed by atoms with van der Waals surface area (Å²) in [6, 6.07) is 0.594. The van der Waals surface area contributed by atoms with E-state index in [1.807, 2.05) is 0 Å². The molecule has 0 radical (unpaired) electrons. The molecule has 0 aromatic carbocycles. The summed E-state index contributed by atoms with van der Waals surface area (Å²) in [5.41, 5.74) is 0.103. The molecule has 2 rings (SSSR count). The molecule has 2 aliphatic heterocycles. The Bertz CT molecular complexity index is 259. The van der Waals surface area contributed by atoms with E-state index in [-0.39, 0.29) is 11.2 Å². The maximum absolute atomic E-state index is 6.11. The molecule has 0 aromatic heterocycles. The lowest BCUT2D eigenvalue weighted by Gasteiger charge is -2.44. The number of rotatable bonds is 4. The summed E-state index contributed by atoms with van der Waals surface area (Å²) in [6.45, 7) is 6.09. The maximum atomic E-state index is 6.11. The highest BCUT2D eigenvalue weighted by atomic mass is 32.2. The quantitative estimate of drug-likeness (QED) is 0.852. The van der Waals surface area contributed by atoms with Crippen molar-refractivity contribution in [3.63, 3.8) is 0 Å². The second-order valence-corrected chi connectivity index (χ2v) is 7.40. The van der Waals surface area contributed by atoms with Crippen LogP contribution in [0.2, 0.25) is 0 Å². The van der Waals surface area contributed by atoms with Crippen LogP contribution < -0.4 is 5.32 Å². The average Bonchev–Trinajstić information content (AvgIpc) is 2.38. The molecule has 0 bridgehead atoms. The first kappa shape index (κ1) is 14.6. The minimum Gasteiger partial charge on any atom is -0.377 e. The zero-order chi connectivity index (χ0) is 13.1. The van der Waals surface area contributed by atoms with E-state index in [0.29, 0.717) is 6.04 Å². The molecular formula is C14H27NO2S. The van der Waals surface area contributed by atoms with Gasteiger partial charge in [0.1, 0.15) is 0 Å². The van der Waals surface area contributed by atoms with Crippen LogP contribution in [0.3, 0.4) is 0 Å². The molecule has 3 nitrogen and oxygen atoms in total. The van der Waals surface area contributed by atoms with E-state index < -0.39 is 0 Å². The van der Waals surface area contributed by atoms with E-state index in [1.165, 1.54) is 30.8 Å². The molecule has 0 amide bonds. The highest BCUT2D eigenvalue weighted by Crippen LogP contribution is 2.37. The molecule has 2 fully saturated rings. The van der Waals surface area contributed by atoms with Crippen LogP contribution >= 0.6 is 11.8 Å². The first-order valence-corrected chi connectivity index (χ1v) is 8.21. The Morgan fingerprint density at radius 1 is 1.39 bits per heavy atom. The average molecular weight is 273 g/mol. The summed E-state index contributed by atoms with van der Waals surface area (Å²) in [5.74, 6) is 2.52. The Labute approximate surface area is 115 Å². The van der Waals surface area contributed by atoms with Crippen LogP contribution in [-0.4, -0.2) is 49.0 Å². The van der Waals surface area contributed by atoms with Crippen LogP contribution in [0.1, 0.15) is 39.5 Å². The zero-order valence-electron chi connectivity index (χ0n) is 12.0. The van der Waals surface area contributed by atoms with Gasteiger partial charge in [-0.25, -0.2) is 0 Å². The Hall–Kier alpha value is 0.230. The van der Waals surface area contributed by atoms with E-state index in [2.05, 4.69) is 30.9 Å². The van der Waals surface area contributed by atoms with Crippen molar-refractivity contribution in [1.29, 1.82) is 0 Å². The second-order valence-electron chi connectivity index (χ2n) is 6.18. The fraction of sp³-hybridized carbons (Fsp3) is 1.00. The Balaban J connectivity index is 1.83. The van der Waals surface area contributed by atoms with Crippen LogP contribution in [0.4, 0.5) is 0 Å². The van der Waals surface area contributed by atoms with E-state index in [1.54, 1.807) is 7.11 Å². The fourth-order valence-corrected chi connectivity index (χ4v) is 3.99. The zero-order valence-corrected chi connectivity index (χ0v) is 12.8. The van der Waals surface area contributed by atoms with Gasteiger partial charge in [-0.15, -0.1) is 0 Å². The van der Waals surface area contributed by atoms with Gasteiger partial charge in [-0.2, -0.15) is 11.8 Å². The molecule has 0 aromatic rings. The number of ether oxygens (including phenoxy) is 2. The van der Waals surface area contributed by atoms with Crippen LogP contribution in [-0.2, 0) is 9.47 Å². The minimum atomic E-state index is -0.0755. The van der Waals surface area contributed by atoms with Crippen LogP contribution in [0.5, 0.6) is 0 Å². The van der Waals surface area contributed by atoms with Crippen molar-refractivity contribution in [3.05, 3.63) is 0 Å². The third kappa shape index (κ3) is 3.86. The van der Waals surface area contributed by atoms with E-state index in [9.17, 15) is 0 Å². The van der Waals surface area contributed by atoms with Gasteiger partial charge in [0.05, 0.1) is 11.2 Å². The van der Waals surface area contributed by atoms with Crippen molar-refractivity contribution in [2.24, 2.45) is 0 Å². The normalized spacial score (nSPS) is 28.5. The van der Waals surface area contributed by atoms with Gasteiger partial charge in [-0.3, -0.25) is 0 Å². The summed E-state index contributed by atoms with van der Waals surface area (Å²) in [5, 5.41) is 3.67. The van der Waals surface area contributed by atoms with Crippen molar-refractivity contribution in [2.75, 3.05) is 31.8 Å². The Kier molecular flexibility index (Phi) is 4.98. The van der Waals surface area contributed by atoms with Crippen molar-refractivity contribution in [2.45, 2.75) is 56.8 Å². The van der Waals surface area contributed by atoms with Gasteiger partial charge < -0.3 is 14.8 Å². The minimum absolute atomic E-state index is 0.0755. The van der Waals surface area contributed by atoms with Gasteiger partial charge in [0.2, 0.25) is 0 Å². The molecule has 106 valence electrons. The van der Waals surface area contributed by atoms with E-state index >= 15 is 0 Å². The van der Waals surface area contributed by atoms with Crippen LogP contribution in [0, 0.1) is 0 Å². The number of thioether (sulfide) groups is 1. The predicted octanol–water partition coefficient (Wildman–Crippen LogP) is 2.45. The summed E-state index contributed by atoms with van der Waals surface area (Å²) in [6.07, 6.45) is 4.76. The van der Waals surface area contributed by atoms with E-state index in [0.717, 1.165) is 19.6 Å². The molecule has 18 heavy (non-hydrogen) atoms. The summed E-state index contributed by atoms with van der Waals surface area (Å²) in [4.78, 5) is 0. The Morgan fingerprint density at radius 2 is 2.11 bits per heavy atom. The van der Waals surface area contributed by atoms with E-state index in [4.69, 9.17) is 9.47 Å². The molecule has 2 aliphatic rings. The number of methoxy groups -OCH3 is 1. The molecule has 1 unspecified atom stereocenters. The van der Waals surface area contributed by atoms with Gasteiger partial charge in [0.25, 0.3) is 0 Å². The van der Waals surface area contributed by atoms with Gasteiger partial charge >= 0.3 is 0 Å². The summed E-state index contributed by atoms with van der Waals surface area (Å²) in [7, 11) is 1.78. The third-order valence-electron chi connectivity index (χ3n) is 4.27. The standard InChI is InChI=1S/C14H27NO2S/c1-13(2,16-3)11-15-12-4-7-17-14(10-12)5-8-18-9-6-14/h12,15H,4-11H2,1-3H3. The Morgan fingerprint density at radius 3 is 2.78 bits per heavy atom. The van der Waals surface area contributed by atoms with Crippen molar-refractivity contribution in [1.82, 2.24) is 5.32 Å². The lowest BCUT2D eigenvalue weighted by molar-refractivity contribution is -0.0954. The maximum Gasteiger partial charge on any atom is 0.0746 e. The molecule has 2 heterocycles. The second kappa shape index (κ2) is 6.12. The van der Waals surface area contributed by atoms with Crippen molar-refractivity contribution >= 4 is 11.8 Å². The molecule has 0 aliphatic carbocycles. The van der Waals surface area contributed by atoms with Crippen molar-refractivity contribution < 1.29 is 9.47 Å². The summed E-state index contributed by atoms with van der Waals surface area (Å²) >= 11 is 2.06. The molecule has 1 N–H and O–H groups in total. The van der Waals surface area contributed by atoms with Crippen molar-refractivity contribution in [3.8, 4) is 0 Å². The van der Waals surface area contributed by atoms with Crippen LogP contribution in [0.25, 0.3) is 0 Å². The first-order chi connectivity index (χ1) is 8.55. The molecule has 1 atom stereocenters. The van der Waals surface area contributed by atoms with Gasteiger partial charge in [0, 0.05) is 26.3 Å². The number of hydrogen-bond donors (Lipinski definition) is 1. The summed E-state index contributed by atoms with van der Waals surface area (Å²) < 4.78 is 11.6. The monoisotopic (exact) mass is 273 g/mol. The molecule has 4 heteroatoms. The molecule has 2 saturated heterocycles. The predicted molar refractivity (Wildman–Crippen MR) is 77.4 cm³/mol. The smallest absolute Gasteiger partial charge is 0.0746 e. The molecule has 1 spiro atoms. The SMILES string of the molecule is COC(C)(C)CNC1CCOC2(CCSCC2)C1. The lowest BCUT2D eigenvalue weighted by atomic mass is 9.85. The first-order valence-electron chi connectivity index (χ1n) is 7.06. The number of nitrogens with one attached hydrogen (secondary N) is 1. The van der Waals surface area contributed by atoms with Gasteiger partial charge in [-0.1, -0.05) is 0 Å². The molecular weight excluding hydrogens is 246 g/mol. The van der Waals surface area contributed by atoms with Gasteiger partial charge in [0.15, 0.2) is 0 Å². The topological polar surface area (TPSA) is 30.5 Å². The highest BCUT2D eigenvalue weighted by molar-refractivity contribution is 7.99. The number of hydrogen-bond acceptors (Lipinski definition) is 4. The largest absolute Gasteiger partial charge is 0.377 e. The molecule has 0 saturated carbocycles. The third-order valence-corrected chi connectivity index (χ3v) is 5.25.